The molecule has 0 aliphatic heterocycles. The molecule has 2 aromatic carbocycles. The van der Waals surface area contributed by atoms with Crippen molar-refractivity contribution in [2.45, 2.75) is 55.4 Å². The van der Waals surface area contributed by atoms with E-state index >= 15 is 0 Å². The van der Waals surface area contributed by atoms with Crippen LogP contribution < -0.4 is 0 Å². The molecule has 0 aliphatic rings. The van der Waals surface area contributed by atoms with Gasteiger partial charge in [-0.05, 0) is 54.8 Å². The fraction of sp³-hybridized carbons (Fsp3) is 0.286. The molecule has 0 fully saturated rings. The van der Waals surface area contributed by atoms with Crippen molar-refractivity contribution in [1.82, 2.24) is 4.98 Å². The Hall–Kier alpha value is -3.40. The Morgan fingerprint density at radius 1 is 0.844 bits per heavy atom. The van der Waals surface area contributed by atoms with Crippen LogP contribution in [0.1, 0.15) is 68.8 Å². The third-order valence-corrected chi connectivity index (χ3v) is 4.63. The van der Waals surface area contributed by atoms with Crippen molar-refractivity contribution in [2.75, 3.05) is 0 Å². The third-order valence-electron chi connectivity index (χ3n) is 4.63. The van der Waals surface area contributed by atoms with Crippen LogP contribution in [0.4, 0.5) is 0 Å². The van der Waals surface area contributed by atoms with Crippen molar-refractivity contribution in [3.63, 3.8) is 0 Å². The van der Waals surface area contributed by atoms with E-state index in [2.05, 4.69) is 4.98 Å². The van der Waals surface area contributed by atoms with Gasteiger partial charge in [0.2, 0.25) is 5.78 Å². The second-order valence-electron chi connectivity index (χ2n) is 6.33. The number of hydrogen-bond acceptors (Lipinski definition) is 4. The van der Waals surface area contributed by atoms with Crippen LogP contribution in [-0.4, -0.2) is 15.9 Å². The lowest BCUT2D eigenvalue weighted by molar-refractivity contribution is 0.101. The minimum absolute atomic E-state index is 0.157. The van der Waals surface area contributed by atoms with Gasteiger partial charge in [-0.15, -0.1) is 0 Å². The summed E-state index contributed by atoms with van der Waals surface area (Å²) in [5.41, 5.74) is 4.84. The summed E-state index contributed by atoms with van der Waals surface area (Å²) in [6.45, 7) is 15.8. The maximum atomic E-state index is 12.9. The normalized spacial score (nSPS) is 9.50. The number of rotatable bonds is 3. The van der Waals surface area contributed by atoms with Gasteiger partial charge >= 0.3 is 0 Å². The van der Waals surface area contributed by atoms with Crippen molar-refractivity contribution < 1.29 is 14.3 Å². The van der Waals surface area contributed by atoms with E-state index in [1.54, 1.807) is 24.5 Å². The van der Waals surface area contributed by atoms with Gasteiger partial charge in [0.1, 0.15) is 11.3 Å². The molecule has 0 aliphatic carbocycles. The molecule has 2 heterocycles. The molecule has 0 saturated carbocycles. The van der Waals surface area contributed by atoms with Crippen molar-refractivity contribution in [3.8, 4) is 16.9 Å². The van der Waals surface area contributed by atoms with Crippen molar-refractivity contribution >= 4 is 16.8 Å². The Kier molecular flexibility index (Phi) is 10.9. The lowest BCUT2D eigenvalue weighted by atomic mass is 10.0. The molecule has 4 nitrogen and oxygen atoms in total. The van der Waals surface area contributed by atoms with Gasteiger partial charge in [-0.1, -0.05) is 65.8 Å². The monoisotopic (exact) mass is 433 g/mol. The van der Waals surface area contributed by atoms with Crippen LogP contribution in [0.3, 0.4) is 0 Å². The van der Waals surface area contributed by atoms with Crippen LogP contribution >= 0.6 is 0 Å². The molecule has 1 N–H and O–H groups in total. The first-order chi connectivity index (χ1) is 15.5. The Morgan fingerprint density at radius 3 is 2.03 bits per heavy atom. The standard InChI is InChI=1S/C22H17NO3.3C2H6/c1-13-9-10-23-12-19(13)21(25)22-14(2)18-8-5-16(11-20(18)26-22)15-3-6-17(24)7-4-15;3*1-2/h3-12,24H,1-2H3;3*1-2H3. The molecule has 32 heavy (non-hydrogen) atoms. The Morgan fingerprint density at radius 2 is 1.44 bits per heavy atom. The molecule has 0 saturated heterocycles. The van der Waals surface area contributed by atoms with Crippen LogP contribution in [0.2, 0.25) is 0 Å². The number of ketones is 1. The van der Waals surface area contributed by atoms with Gasteiger partial charge in [0.05, 0.1) is 0 Å². The quantitative estimate of drug-likeness (QED) is 0.331. The number of aryl methyl sites for hydroxylation is 2. The van der Waals surface area contributed by atoms with Crippen LogP contribution in [-0.2, 0) is 0 Å². The molecule has 0 radical (unpaired) electrons. The topological polar surface area (TPSA) is 63.3 Å². The zero-order valence-corrected chi connectivity index (χ0v) is 20.5. The molecule has 4 aromatic rings. The van der Waals surface area contributed by atoms with E-state index in [9.17, 15) is 9.90 Å². The molecular weight excluding hydrogens is 398 g/mol. The molecular formula is C28H35NO3. The average molecular weight is 434 g/mol. The van der Waals surface area contributed by atoms with E-state index in [0.717, 1.165) is 27.6 Å². The number of aromatic hydroxyl groups is 1. The number of nitrogens with zero attached hydrogens (tertiary/aromatic N) is 1. The number of carbonyl (C=O) groups is 1. The van der Waals surface area contributed by atoms with Gasteiger partial charge in [0.15, 0.2) is 5.76 Å². The SMILES string of the molecule is CC.CC.CC.Cc1ccncc1C(=O)c1oc2cc(-c3ccc(O)cc3)ccc2c1C. The van der Waals surface area contributed by atoms with Crippen LogP contribution in [0, 0.1) is 13.8 Å². The first-order valence-corrected chi connectivity index (χ1v) is 11.3. The van der Waals surface area contributed by atoms with E-state index in [1.165, 1.54) is 0 Å². The number of furan rings is 1. The summed E-state index contributed by atoms with van der Waals surface area (Å²) in [6.07, 6.45) is 3.24. The second kappa shape index (κ2) is 13.1. The molecule has 0 amide bonds. The third kappa shape index (κ3) is 5.85. The van der Waals surface area contributed by atoms with Crippen LogP contribution in [0.5, 0.6) is 5.75 Å². The summed E-state index contributed by atoms with van der Waals surface area (Å²) < 4.78 is 5.93. The Bertz CT molecular complexity index is 1130. The smallest absolute Gasteiger partial charge is 0.230 e. The number of hydrogen-bond donors (Lipinski definition) is 1. The maximum absolute atomic E-state index is 12.9. The minimum Gasteiger partial charge on any atom is -0.508 e. The van der Waals surface area contributed by atoms with Gasteiger partial charge in [-0.2, -0.15) is 0 Å². The predicted molar refractivity (Wildman–Crippen MR) is 135 cm³/mol. The van der Waals surface area contributed by atoms with E-state index in [4.69, 9.17) is 4.42 Å². The number of fused-ring (bicyclic) bond motifs is 1. The van der Waals surface area contributed by atoms with Crippen LogP contribution in [0.15, 0.2) is 65.3 Å². The molecule has 4 heteroatoms. The Labute approximate surface area is 191 Å². The zero-order valence-electron chi connectivity index (χ0n) is 20.5. The van der Waals surface area contributed by atoms with E-state index < -0.39 is 0 Å². The van der Waals surface area contributed by atoms with Crippen LogP contribution in [0.25, 0.3) is 22.1 Å². The molecule has 0 unspecified atom stereocenters. The number of phenolic OH excluding ortho intramolecular Hbond substituents is 1. The number of benzene rings is 2. The van der Waals surface area contributed by atoms with E-state index in [1.807, 2.05) is 91.8 Å². The van der Waals surface area contributed by atoms with Gasteiger partial charge in [0, 0.05) is 28.9 Å². The van der Waals surface area contributed by atoms with Crippen molar-refractivity contribution in [2.24, 2.45) is 0 Å². The molecule has 0 spiro atoms. The van der Waals surface area contributed by atoms with Gasteiger partial charge in [0.25, 0.3) is 0 Å². The maximum Gasteiger partial charge on any atom is 0.230 e. The summed E-state index contributed by atoms with van der Waals surface area (Å²) in [7, 11) is 0. The molecule has 170 valence electrons. The highest BCUT2D eigenvalue weighted by Crippen LogP contribution is 2.31. The van der Waals surface area contributed by atoms with Gasteiger partial charge in [-0.25, -0.2) is 0 Å². The van der Waals surface area contributed by atoms with Gasteiger partial charge < -0.3 is 9.52 Å². The van der Waals surface area contributed by atoms with Crippen molar-refractivity contribution in [3.05, 3.63) is 83.4 Å². The lowest BCUT2D eigenvalue weighted by Gasteiger charge is -2.02. The van der Waals surface area contributed by atoms with Crippen molar-refractivity contribution in [1.29, 1.82) is 0 Å². The largest absolute Gasteiger partial charge is 0.508 e. The fourth-order valence-electron chi connectivity index (χ4n) is 3.10. The fourth-order valence-corrected chi connectivity index (χ4v) is 3.10. The lowest BCUT2D eigenvalue weighted by Crippen LogP contribution is -2.04. The van der Waals surface area contributed by atoms with E-state index in [0.29, 0.717) is 16.9 Å². The second-order valence-corrected chi connectivity index (χ2v) is 6.33. The summed E-state index contributed by atoms with van der Waals surface area (Å²) in [5.74, 6) is 0.415. The average Bonchev–Trinajstić information content (AvgIpc) is 3.19. The number of pyridine rings is 1. The minimum atomic E-state index is -0.157. The predicted octanol–water partition coefficient (Wildman–Crippen LogP) is 8.13. The summed E-state index contributed by atoms with van der Waals surface area (Å²) >= 11 is 0. The molecule has 2 aromatic heterocycles. The Balaban J connectivity index is 0.000000789. The zero-order chi connectivity index (χ0) is 24.3. The highest BCUT2D eigenvalue weighted by molar-refractivity contribution is 6.11. The highest BCUT2D eigenvalue weighted by Gasteiger charge is 2.21. The number of carbonyl (C=O) groups excluding carboxylic acids is 1. The number of aromatic nitrogens is 1. The van der Waals surface area contributed by atoms with Gasteiger partial charge in [-0.3, -0.25) is 9.78 Å². The number of phenols is 1. The summed E-state index contributed by atoms with van der Waals surface area (Å²) in [4.78, 5) is 16.9. The first-order valence-electron chi connectivity index (χ1n) is 11.3. The molecule has 0 atom stereocenters. The summed E-state index contributed by atoms with van der Waals surface area (Å²) in [5, 5.41) is 10.4. The molecule has 4 rings (SSSR count). The molecule has 0 bridgehead atoms. The first kappa shape index (κ1) is 26.6. The highest BCUT2D eigenvalue weighted by atomic mass is 16.3. The van der Waals surface area contributed by atoms with E-state index in [-0.39, 0.29) is 11.5 Å². The summed E-state index contributed by atoms with van der Waals surface area (Å²) in [6, 6.07) is 14.7.